The Bertz CT molecular complexity index is 845. The van der Waals surface area contributed by atoms with Gasteiger partial charge in [-0.2, -0.15) is 5.10 Å². The van der Waals surface area contributed by atoms with E-state index in [2.05, 4.69) is 45.5 Å². The van der Waals surface area contributed by atoms with Crippen molar-refractivity contribution in [1.29, 1.82) is 0 Å². The van der Waals surface area contributed by atoms with Gasteiger partial charge in [0.15, 0.2) is 17.3 Å². The SMILES string of the molecule is COc1cccc2c1OC[C@@H](c1n[nH]c(CCc3ccccc3)n1)C2. The summed E-state index contributed by atoms with van der Waals surface area (Å²) in [5.41, 5.74) is 2.45. The largest absolute Gasteiger partial charge is 0.493 e. The quantitative estimate of drug-likeness (QED) is 0.777. The van der Waals surface area contributed by atoms with Crippen LogP contribution in [0.4, 0.5) is 0 Å². The summed E-state index contributed by atoms with van der Waals surface area (Å²) < 4.78 is 11.3. The minimum absolute atomic E-state index is 0.168. The standard InChI is InChI=1S/C20H21N3O2/c1-24-17-9-5-8-15-12-16(13-25-19(15)17)20-21-18(22-23-20)11-10-14-6-3-2-4-7-14/h2-9,16H,10-13H2,1H3,(H,21,22,23)/t16-/m0/s1. The van der Waals surface area contributed by atoms with Crippen molar-refractivity contribution < 1.29 is 9.47 Å². The first-order valence-corrected chi connectivity index (χ1v) is 8.57. The summed E-state index contributed by atoms with van der Waals surface area (Å²) in [5, 5.41) is 7.50. The molecule has 5 nitrogen and oxygen atoms in total. The van der Waals surface area contributed by atoms with Crippen molar-refractivity contribution in [2.75, 3.05) is 13.7 Å². The lowest BCUT2D eigenvalue weighted by atomic mass is 9.96. The molecule has 0 aliphatic carbocycles. The number of aromatic nitrogens is 3. The van der Waals surface area contributed by atoms with E-state index in [4.69, 9.17) is 9.47 Å². The van der Waals surface area contributed by atoms with E-state index < -0.39 is 0 Å². The van der Waals surface area contributed by atoms with Crippen LogP contribution in [0.15, 0.2) is 48.5 Å². The van der Waals surface area contributed by atoms with Gasteiger partial charge in [-0.05, 0) is 30.0 Å². The second-order valence-electron chi connectivity index (χ2n) is 6.29. The molecular weight excluding hydrogens is 314 g/mol. The molecule has 1 aliphatic rings. The number of H-pyrrole nitrogens is 1. The summed E-state index contributed by atoms with van der Waals surface area (Å²) in [6, 6.07) is 16.4. The van der Waals surface area contributed by atoms with Crippen molar-refractivity contribution in [2.24, 2.45) is 0 Å². The zero-order valence-electron chi connectivity index (χ0n) is 14.2. The summed E-state index contributed by atoms with van der Waals surface area (Å²) >= 11 is 0. The number of hydrogen-bond donors (Lipinski definition) is 1. The normalized spacial score (nSPS) is 16.1. The van der Waals surface area contributed by atoms with Crippen molar-refractivity contribution in [3.63, 3.8) is 0 Å². The fraction of sp³-hybridized carbons (Fsp3) is 0.300. The fourth-order valence-corrected chi connectivity index (χ4v) is 3.23. The number of nitrogens with one attached hydrogen (secondary N) is 1. The van der Waals surface area contributed by atoms with Gasteiger partial charge in [0.05, 0.1) is 19.6 Å². The van der Waals surface area contributed by atoms with Gasteiger partial charge in [0.1, 0.15) is 5.82 Å². The number of nitrogens with zero attached hydrogens (tertiary/aromatic N) is 2. The second kappa shape index (κ2) is 6.97. The minimum atomic E-state index is 0.168. The van der Waals surface area contributed by atoms with Crippen molar-refractivity contribution in [3.8, 4) is 11.5 Å². The first-order valence-electron chi connectivity index (χ1n) is 8.57. The Balaban J connectivity index is 1.44. The molecule has 0 bridgehead atoms. The minimum Gasteiger partial charge on any atom is -0.493 e. The maximum atomic E-state index is 5.93. The summed E-state index contributed by atoms with van der Waals surface area (Å²) in [6.07, 6.45) is 2.67. The van der Waals surface area contributed by atoms with Gasteiger partial charge in [0.25, 0.3) is 0 Å². The van der Waals surface area contributed by atoms with Gasteiger partial charge in [-0.1, -0.05) is 42.5 Å². The predicted octanol–water partition coefficient (Wildman–Crippen LogP) is 3.32. The molecule has 0 spiro atoms. The van der Waals surface area contributed by atoms with Crippen LogP contribution in [-0.4, -0.2) is 28.9 Å². The molecule has 5 heteroatoms. The van der Waals surface area contributed by atoms with Gasteiger partial charge >= 0.3 is 0 Å². The van der Waals surface area contributed by atoms with Crippen molar-refractivity contribution in [1.82, 2.24) is 15.2 Å². The van der Waals surface area contributed by atoms with Crippen molar-refractivity contribution >= 4 is 0 Å². The molecule has 0 fully saturated rings. The lowest BCUT2D eigenvalue weighted by Gasteiger charge is -2.24. The maximum Gasteiger partial charge on any atom is 0.164 e. The number of hydrogen-bond acceptors (Lipinski definition) is 4. The van der Waals surface area contributed by atoms with Crippen molar-refractivity contribution in [3.05, 3.63) is 71.3 Å². The van der Waals surface area contributed by atoms with E-state index in [0.29, 0.717) is 6.61 Å². The maximum absolute atomic E-state index is 5.93. The Labute approximate surface area is 147 Å². The molecule has 2 heterocycles. The van der Waals surface area contributed by atoms with Gasteiger partial charge in [0, 0.05) is 6.42 Å². The Morgan fingerprint density at radius 2 is 2.00 bits per heavy atom. The average Bonchev–Trinajstić information content (AvgIpc) is 3.15. The van der Waals surface area contributed by atoms with Crippen molar-refractivity contribution in [2.45, 2.75) is 25.2 Å². The molecule has 128 valence electrons. The molecule has 0 unspecified atom stereocenters. The molecule has 0 saturated carbocycles. The molecule has 1 aromatic heterocycles. The number of aromatic amines is 1. The molecule has 1 aliphatic heterocycles. The van der Waals surface area contributed by atoms with Gasteiger partial charge < -0.3 is 9.47 Å². The van der Waals surface area contributed by atoms with Crippen LogP contribution in [-0.2, 0) is 19.3 Å². The number of aryl methyl sites for hydroxylation is 2. The highest BCUT2D eigenvalue weighted by Crippen LogP contribution is 2.38. The number of ether oxygens (including phenoxy) is 2. The third kappa shape index (κ3) is 3.36. The van der Waals surface area contributed by atoms with Crippen LogP contribution < -0.4 is 9.47 Å². The van der Waals surface area contributed by atoms with Crippen LogP contribution in [0.3, 0.4) is 0 Å². The topological polar surface area (TPSA) is 60.0 Å². The van der Waals surface area contributed by atoms with Crippen LogP contribution in [0.25, 0.3) is 0 Å². The van der Waals surface area contributed by atoms with E-state index in [9.17, 15) is 0 Å². The fourth-order valence-electron chi connectivity index (χ4n) is 3.23. The highest BCUT2D eigenvalue weighted by Gasteiger charge is 2.26. The molecule has 0 radical (unpaired) electrons. The molecule has 0 amide bonds. The first kappa shape index (κ1) is 15.7. The summed E-state index contributed by atoms with van der Waals surface area (Å²) in [5.74, 6) is 3.56. The predicted molar refractivity (Wildman–Crippen MR) is 95.2 cm³/mol. The summed E-state index contributed by atoms with van der Waals surface area (Å²) in [6.45, 7) is 0.573. The van der Waals surface area contributed by atoms with E-state index in [-0.39, 0.29) is 5.92 Å². The summed E-state index contributed by atoms with van der Waals surface area (Å²) in [4.78, 5) is 4.69. The van der Waals surface area contributed by atoms with E-state index in [1.165, 1.54) is 5.56 Å². The van der Waals surface area contributed by atoms with Gasteiger partial charge in [-0.25, -0.2) is 4.98 Å². The van der Waals surface area contributed by atoms with Gasteiger partial charge in [-0.3, -0.25) is 5.10 Å². The second-order valence-corrected chi connectivity index (χ2v) is 6.29. The average molecular weight is 335 g/mol. The smallest absolute Gasteiger partial charge is 0.164 e. The molecule has 0 saturated heterocycles. The number of benzene rings is 2. The van der Waals surface area contributed by atoms with E-state index in [0.717, 1.165) is 48.0 Å². The van der Waals surface area contributed by atoms with Crippen LogP contribution in [0.1, 0.15) is 28.7 Å². The van der Waals surface area contributed by atoms with Crippen LogP contribution in [0.2, 0.25) is 0 Å². The van der Waals surface area contributed by atoms with Crippen LogP contribution >= 0.6 is 0 Å². The van der Waals surface area contributed by atoms with Gasteiger partial charge in [0.2, 0.25) is 0 Å². The molecular formula is C20H21N3O2. The van der Waals surface area contributed by atoms with E-state index in [1.807, 2.05) is 18.2 Å². The van der Waals surface area contributed by atoms with Crippen LogP contribution in [0.5, 0.6) is 11.5 Å². The Hall–Kier alpha value is -2.82. The monoisotopic (exact) mass is 335 g/mol. The molecule has 1 atom stereocenters. The zero-order valence-corrected chi connectivity index (χ0v) is 14.2. The third-order valence-corrected chi connectivity index (χ3v) is 4.58. The third-order valence-electron chi connectivity index (χ3n) is 4.58. The van der Waals surface area contributed by atoms with Gasteiger partial charge in [-0.15, -0.1) is 0 Å². The Morgan fingerprint density at radius 3 is 2.84 bits per heavy atom. The van der Waals surface area contributed by atoms with E-state index in [1.54, 1.807) is 7.11 Å². The number of methoxy groups -OCH3 is 1. The van der Waals surface area contributed by atoms with Crippen LogP contribution in [0, 0.1) is 0 Å². The zero-order chi connectivity index (χ0) is 17.1. The highest BCUT2D eigenvalue weighted by atomic mass is 16.5. The molecule has 4 rings (SSSR count). The molecule has 1 N–H and O–H groups in total. The van der Waals surface area contributed by atoms with E-state index >= 15 is 0 Å². The Morgan fingerprint density at radius 1 is 1.12 bits per heavy atom. The lowest BCUT2D eigenvalue weighted by molar-refractivity contribution is 0.243. The number of rotatable bonds is 5. The molecule has 3 aromatic rings. The number of fused-ring (bicyclic) bond motifs is 1. The Kier molecular flexibility index (Phi) is 4.37. The first-order chi connectivity index (χ1) is 12.3. The highest BCUT2D eigenvalue weighted by molar-refractivity contribution is 5.48. The number of para-hydroxylation sites is 1. The lowest BCUT2D eigenvalue weighted by Crippen LogP contribution is -2.20. The molecule has 25 heavy (non-hydrogen) atoms. The molecule has 2 aromatic carbocycles. The summed E-state index contributed by atoms with van der Waals surface area (Å²) in [7, 11) is 1.67.